The zero-order valence-electron chi connectivity index (χ0n) is 5.85. The van der Waals surface area contributed by atoms with E-state index in [0.717, 1.165) is 13.1 Å². The fraction of sp³-hybridized carbons (Fsp3) is 0.800. The van der Waals surface area contributed by atoms with Crippen molar-refractivity contribution in [3.8, 4) is 0 Å². The maximum atomic E-state index is 6.93. The molecule has 0 aromatic rings. The number of nitrogens with two attached hydrogens (primary N) is 1. The highest BCUT2D eigenvalue weighted by Crippen LogP contribution is 2.05. The summed E-state index contributed by atoms with van der Waals surface area (Å²) in [6.07, 6.45) is 0. The second-order valence-electron chi connectivity index (χ2n) is 1.57. The average molecular weight is 147 g/mol. The van der Waals surface area contributed by atoms with Crippen LogP contribution in [-0.4, -0.2) is 22.6 Å². The second-order valence-corrected chi connectivity index (χ2v) is 2.71. The van der Waals surface area contributed by atoms with Crippen LogP contribution >= 0.6 is 11.9 Å². The molecule has 0 aliphatic heterocycles. The monoisotopic (exact) mass is 147 g/mol. The summed E-state index contributed by atoms with van der Waals surface area (Å²) in [5.74, 6) is 0. The van der Waals surface area contributed by atoms with E-state index in [9.17, 15) is 0 Å². The number of hydrogen-bond acceptors (Lipinski definition) is 3. The van der Waals surface area contributed by atoms with Crippen molar-refractivity contribution in [2.45, 2.75) is 13.8 Å². The van der Waals surface area contributed by atoms with Gasteiger partial charge in [0, 0.05) is 13.1 Å². The van der Waals surface area contributed by atoms with Crippen LogP contribution in [0.2, 0.25) is 0 Å². The molecule has 0 saturated heterocycles. The summed E-state index contributed by atoms with van der Waals surface area (Å²) >= 11 is 1.29. The molecule has 0 aromatic carbocycles. The van der Waals surface area contributed by atoms with Gasteiger partial charge >= 0.3 is 0 Å². The highest BCUT2D eigenvalue weighted by Gasteiger charge is 1.99. The summed E-state index contributed by atoms with van der Waals surface area (Å²) in [4.78, 5) is 0. The number of rotatable bonds is 3. The molecule has 0 atom stereocenters. The minimum Gasteiger partial charge on any atom is -0.378 e. The maximum absolute atomic E-state index is 6.93. The topological polar surface area (TPSA) is 53.1 Å². The van der Waals surface area contributed by atoms with Crippen LogP contribution in [0, 0.1) is 5.41 Å². The second kappa shape index (κ2) is 4.64. The average Bonchev–Trinajstić information content (AvgIpc) is 1.82. The molecule has 54 valence electrons. The van der Waals surface area contributed by atoms with Crippen molar-refractivity contribution in [2.75, 3.05) is 13.1 Å². The number of hydrogen-bond donors (Lipinski definition) is 2. The molecular formula is C5H13N3S. The summed E-state index contributed by atoms with van der Waals surface area (Å²) in [7, 11) is 0. The summed E-state index contributed by atoms with van der Waals surface area (Å²) in [5.41, 5.74) is 5.15. The van der Waals surface area contributed by atoms with Gasteiger partial charge in [-0.05, 0) is 11.9 Å². The van der Waals surface area contributed by atoms with Gasteiger partial charge in [0.05, 0.1) is 0 Å². The Morgan fingerprint density at radius 2 is 2.00 bits per heavy atom. The molecule has 0 heterocycles. The summed E-state index contributed by atoms with van der Waals surface area (Å²) in [6, 6.07) is 0. The Balaban J connectivity index is 3.43. The van der Waals surface area contributed by atoms with Crippen LogP contribution in [0.4, 0.5) is 0 Å². The molecule has 0 fully saturated rings. The molecule has 4 heteroatoms. The summed E-state index contributed by atoms with van der Waals surface area (Å²) < 4.78 is 2.02. The molecular weight excluding hydrogens is 134 g/mol. The van der Waals surface area contributed by atoms with Gasteiger partial charge < -0.3 is 5.73 Å². The van der Waals surface area contributed by atoms with Gasteiger partial charge in [-0.15, -0.1) is 0 Å². The largest absolute Gasteiger partial charge is 0.378 e. The Hall–Kier alpha value is -0.220. The molecule has 0 amide bonds. The van der Waals surface area contributed by atoms with E-state index >= 15 is 0 Å². The molecule has 3 nitrogen and oxygen atoms in total. The van der Waals surface area contributed by atoms with E-state index in [0.29, 0.717) is 0 Å². The molecule has 0 radical (unpaired) electrons. The first-order chi connectivity index (χ1) is 4.20. The van der Waals surface area contributed by atoms with Crippen LogP contribution in [0.3, 0.4) is 0 Å². The third kappa shape index (κ3) is 4.29. The third-order valence-electron chi connectivity index (χ3n) is 0.933. The van der Waals surface area contributed by atoms with E-state index in [1.807, 2.05) is 18.2 Å². The normalized spacial score (nSPS) is 10.1. The molecule has 0 saturated carbocycles. The summed E-state index contributed by atoms with van der Waals surface area (Å²) in [5, 5.41) is 7.10. The fourth-order valence-electron chi connectivity index (χ4n) is 0.492. The van der Waals surface area contributed by atoms with Crippen molar-refractivity contribution in [1.82, 2.24) is 4.31 Å². The lowest BCUT2D eigenvalue weighted by Crippen LogP contribution is -2.20. The highest BCUT2D eigenvalue weighted by atomic mass is 32.2. The van der Waals surface area contributed by atoms with Gasteiger partial charge in [-0.1, -0.05) is 13.8 Å². The Bertz CT molecular complexity index is 90.2. The van der Waals surface area contributed by atoms with Gasteiger partial charge in [-0.2, -0.15) is 0 Å². The molecule has 0 aliphatic carbocycles. The van der Waals surface area contributed by atoms with Gasteiger partial charge in [0.15, 0.2) is 5.17 Å². The molecule has 3 N–H and O–H groups in total. The lowest BCUT2D eigenvalue weighted by Gasteiger charge is -2.14. The minimum atomic E-state index is 0.165. The van der Waals surface area contributed by atoms with E-state index in [-0.39, 0.29) is 5.17 Å². The van der Waals surface area contributed by atoms with E-state index in [2.05, 4.69) is 0 Å². The Labute approximate surface area is 60.2 Å². The Morgan fingerprint density at radius 1 is 1.56 bits per heavy atom. The maximum Gasteiger partial charge on any atom is 0.166 e. The van der Waals surface area contributed by atoms with Crippen molar-refractivity contribution in [3.63, 3.8) is 0 Å². The van der Waals surface area contributed by atoms with E-state index in [1.165, 1.54) is 11.9 Å². The SMILES string of the molecule is CCN(CC)SC(=N)N. The zero-order valence-corrected chi connectivity index (χ0v) is 6.66. The van der Waals surface area contributed by atoms with Gasteiger partial charge in [-0.3, -0.25) is 5.41 Å². The molecule has 0 rings (SSSR count). The van der Waals surface area contributed by atoms with Crippen molar-refractivity contribution >= 4 is 17.1 Å². The Morgan fingerprint density at radius 3 is 2.11 bits per heavy atom. The van der Waals surface area contributed by atoms with Crippen molar-refractivity contribution < 1.29 is 0 Å². The van der Waals surface area contributed by atoms with Crippen molar-refractivity contribution in [1.29, 1.82) is 5.41 Å². The quantitative estimate of drug-likeness (QED) is 0.354. The van der Waals surface area contributed by atoms with Crippen LogP contribution in [0.15, 0.2) is 0 Å². The molecule has 0 aliphatic rings. The van der Waals surface area contributed by atoms with Gasteiger partial charge in [0.1, 0.15) is 0 Å². The third-order valence-corrected chi connectivity index (χ3v) is 1.90. The van der Waals surface area contributed by atoms with E-state index in [4.69, 9.17) is 11.1 Å². The molecule has 0 unspecified atom stereocenters. The van der Waals surface area contributed by atoms with Gasteiger partial charge in [0.25, 0.3) is 0 Å². The van der Waals surface area contributed by atoms with Crippen LogP contribution in [0.25, 0.3) is 0 Å². The van der Waals surface area contributed by atoms with Crippen LogP contribution < -0.4 is 5.73 Å². The van der Waals surface area contributed by atoms with E-state index in [1.54, 1.807) is 0 Å². The number of amidine groups is 1. The van der Waals surface area contributed by atoms with Gasteiger partial charge in [0.2, 0.25) is 0 Å². The standard InChI is InChI=1S/C5H13N3S/c1-3-8(4-2)9-5(6)7/h3-4H2,1-2H3,(H3,6,7). The minimum absolute atomic E-state index is 0.165. The first kappa shape index (κ1) is 8.78. The number of nitrogens with zero attached hydrogens (tertiary/aromatic N) is 1. The van der Waals surface area contributed by atoms with Crippen LogP contribution in [-0.2, 0) is 0 Å². The number of nitrogens with one attached hydrogen (secondary N) is 1. The Kier molecular flexibility index (Phi) is 4.53. The van der Waals surface area contributed by atoms with Crippen LogP contribution in [0.1, 0.15) is 13.8 Å². The molecule has 9 heavy (non-hydrogen) atoms. The predicted octanol–water partition coefficient (Wildman–Crippen LogP) is 0.870. The predicted molar refractivity (Wildman–Crippen MR) is 42.4 cm³/mol. The first-order valence-corrected chi connectivity index (χ1v) is 3.75. The van der Waals surface area contributed by atoms with Crippen molar-refractivity contribution in [2.24, 2.45) is 5.73 Å². The lowest BCUT2D eigenvalue weighted by molar-refractivity contribution is 0.529. The molecule has 0 bridgehead atoms. The molecule has 0 aromatic heterocycles. The van der Waals surface area contributed by atoms with Crippen molar-refractivity contribution in [3.05, 3.63) is 0 Å². The highest BCUT2D eigenvalue weighted by molar-refractivity contribution is 8.11. The van der Waals surface area contributed by atoms with Gasteiger partial charge in [-0.25, -0.2) is 4.31 Å². The molecule has 0 spiro atoms. The smallest absolute Gasteiger partial charge is 0.166 e. The first-order valence-electron chi connectivity index (χ1n) is 2.97. The van der Waals surface area contributed by atoms with E-state index < -0.39 is 0 Å². The fourth-order valence-corrected chi connectivity index (χ4v) is 1.03. The lowest BCUT2D eigenvalue weighted by atomic mass is 10.7. The zero-order chi connectivity index (χ0) is 7.28. The van der Waals surface area contributed by atoms with Crippen LogP contribution in [0.5, 0.6) is 0 Å². The summed E-state index contributed by atoms with van der Waals surface area (Å²) in [6.45, 7) is 5.94.